The number of carbonyl (C=O) groups is 1. The Morgan fingerprint density at radius 2 is 2.05 bits per heavy atom. The summed E-state index contributed by atoms with van der Waals surface area (Å²) in [5, 5.41) is 0. The number of aromatic amines is 1. The number of nitrogens with one attached hydrogen (secondary N) is 1. The molecule has 0 spiro atoms. The highest BCUT2D eigenvalue weighted by Gasteiger charge is 2.08. The van der Waals surface area contributed by atoms with Gasteiger partial charge in [0.2, 0.25) is 5.78 Å². The Balaban J connectivity index is 1.79. The number of ether oxygens (including phenoxy) is 1. The normalized spacial score (nSPS) is 11.1. The molecular weight excluding hydrogens is 266 g/mol. The number of pyridine rings is 1. The van der Waals surface area contributed by atoms with E-state index < -0.39 is 0 Å². The highest BCUT2D eigenvalue weighted by Crippen LogP contribution is 2.13. The molecule has 0 aliphatic rings. The van der Waals surface area contributed by atoms with Gasteiger partial charge in [0.05, 0.1) is 12.6 Å². The third-order valence-corrected chi connectivity index (χ3v) is 3.03. The summed E-state index contributed by atoms with van der Waals surface area (Å²) in [5.74, 6) is 0.874. The first-order valence-corrected chi connectivity index (χ1v) is 6.43. The second kappa shape index (κ2) is 5.58. The van der Waals surface area contributed by atoms with Gasteiger partial charge in [0, 0.05) is 6.20 Å². The molecule has 104 valence electrons. The molecule has 3 aromatic rings. The molecule has 2 heterocycles. The minimum absolute atomic E-state index is 0.191. The van der Waals surface area contributed by atoms with E-state index in [1.165, 1.54) is 6.08 Å². The van der Waals surface area contributed by atoms with Crippen LogP contribution in [-0.2, 0) is 0 Å². The first kappa shape index (κ1) is 13.1. The van der Waals surface area contributed by atoms with Gasteiger partial charge in [0.15, 0.2) is 11.5 Å². The summed E-state index contributed by atoms with van der Waals surface area (Å²) in [6.45, 7) is 0. The quantitative estimate of drug-likeness (QED) is 0.589. The molecule has 0 bridgehead atoms. The molecule has 0 radical (unpaired) electrons. The summed E-state index contributed by atoms with van der Waals surface area (Å²) < 4.78 is 5.08. The zero-order valence-electron chi connectivity index (χ0n) is 11.4. The van der Waals surface area contributed by atoms with E-state index in [1.54, 1.807) is 25.4 Å². The van der Waals surface area contributed by atoms with Crippen molar-refractivity contribution in [2.45, 2.75) is 0 Å². The molecule has 5 heteroatoms. The van der Waals surface area contributed by atoms with Crippen molar-refractivity contribution < 1.29 is 9.53 Å². The van der Waals surface area contributed by atoms with Crippen molar-refractivity contribution in [3.05, 3.63) is 60.1 Å². The summed E-state index contributed by atoms with van der Waals surface area (Å²) in [5.41, 5.74) is 2.20. The Bertz CT molecular complexity index is 771. The summed E-state index contributed by atoms with van der Waals surface area (Å²) >= 11 is 0. The van der Waals surface area contributed by atoms with E-state index in [-0.39, 0.29) is 11.6 Å². The van der Waals surface area contributed by atoms with Crippen molar-refractivity contribution >= 4 is 23.0 Å². The Morgan fingerprint density at radius 3 is 2.76 bits per heavy atom. The number of nitrogens with zero attached hydrogens (tertiary/aromatic N) is 2. The Hall–Kier alpha value is -2.95. The van der Waals surface area contributed by atoms with Crippen LogP contribution in [0.3, 0.4) is 0 Å². The topological polar surface area (TPSA) is 67.9 Å². The average molecular weight is 279 g/mol. The van der Waals surface area contributed by atoms with Gasteiger partial charge < -0.3 is 9.72 Å². The fraction of sp³-hybridized carbons (Fsp3) is 0.0625. The van der Waals surface area contributed by atoms with Crippen molar-refractivity contribution in [1.82, 2.24) is 15.0 Å². The van der Waals surface area contributed by atoms with Crippen LogP contribution in [0.15, 0.2) is 48.7 Å². The van der Waals surface area contributed by atoms with Crippen molar-refractivity contribution in [3.63, 3.8) is 0 Å². The predicted molar refractivity (Wildman–Crippen MR) is 80.2 cm³/mol. The van der Waals surface area contributed by atoms with Crippen LogP contribution in [0, 0.1) is 0 Å². The fourth-order valence-corrected chi connectivity index (χ4v) is 1.93. The zero-order valence-corrected chi connectivity index (χ0v) is 11.4. The predicted octanol–water partition coefficient (Wildman–Crippen LogP) is 2.86. The second-order valence-corrected chi connectivity index (χ2v) is 4.43. The van der Waals surface area contributed by atoms with Crippen molar-refractivity contribution in [1.29, 1.82) is 0 Å². The van der Waals surface area contributed by atoms with Crippen LogP contribution in [0.5, 0.6) is 5.75 Å². The third-order valence-electron chi connectivity index (χ3n) is 3.03. The Morgan fingerprint density at radius 1 is 1.24 bits per heavy atom. The highest BCUT2D eigenvalue weighted by molar-refractivity contribution is 6.05. The Labute approximate surface area is 121 Å². The molecule has 0 aliphatic carbocycles. The van der Waals surface area contributed by atoms with Gasteiger partial charge in [-0.3, -0.25) is 4.79 Å². The van der Waals surface area contributed by atoms with Gasteiger partial charge in [-0.2, -0.15) is 0 Å². The first-order valence-electron chi connectivity index (χ1n) is 6.43. The maximum absolute atomic E-state index is 12.1. The average Bonchev–Trinajstić information content (AvgIpc) is 2.97. The lowest BCUT2D eigenvalue weighted by molar-refractivity contribution is 0.103. The van der Waals surface area contributed by atoms with Crippen LogP contribution in [0.4, 0.5) is 0 Å². The molecule has 0 unspecified atom stereocenters. The van der Waals surface area contributed by atoms with Gasteiger partial charge in [-0.25, -0.2) is 9.97 Å². The first-order chi connectivity index (χ1) is 10.3. The molecule has 0 aliphatic heterocycles. The number of fused-ring (bicyclic) bond motifs is 1. The monoisotopic (exact) mass is 279 g/mol. The van der Waals surface area contributed by atoms with Gasteiger partial charge in [0.1, 0.15) is 5.75 Å². The second-order valence-electron chi connectivity index (χ2n) is 4.43. The summed E-state index contributed by atoms with van der Waals surface area (Å²) in [6.07, 6.45) is 4.87. The molecule has 2 aromatic heterocycles. The number of rotatable bonds is 4. The maximum atomic E-state index is 12.1. The molecule has 0 saturated carbocycles. The molecule has 3 rings (SSSR count). The van der Waals surface area contributed by atoms with Crippen LogP contribution in [0.2, 0.25) is 0 Å². The van der Waals surface area contributed by atoms with Crippen LogP contribution in [0.25, 0.3) is 17.2 Å². The van der Waals surface area contributed by atoms with E-state index in [0.717, 1.165) is 16.8 Å². The van der Waals surface area contributed by atoms with E-state index in [0.29, 0.717) is 5.65 Å². The van der Waals surface area contributed by atoms with Gasteiger partial charge in [0.25, 0.3) is 0 Å². The molecule has 5 nitrogen and oxygen atoms in total. The molecule has 0 fully saturated rings. The van der Waals surface area contributed by atoms with Crippen molar-refractivity contribution in [2.24, 2.45) is 0 Å². The molecular formula is C16H13N3O2. The minimum atomic E-state index is -0.191. The zero-order chi connectivity index (χ0) is 14.7. The van der Waals surface area contributed by atoms with Gasteiger partial charge in [-0.1, -0.05) is 18.2 Å². The lowest BCUT2D eigenvalue weighted by atomic mass is 10.2. The van der Waals surface area contributed by atoms with Crippen molar-refractivity contribution in [2.75, 3.05) is 7.11 Å². The smallest absolute Gasteiger partial charge is 0.221 e. The highest BCUT2D eigenvalue weighted by atomic mass is 16.5. The maximum Gasteiger partial charge on any atom is 0.221 e. The lowest BCUT2D eigenvalue weighted by Crippen LogP contribution is -1.96. The lowest BCUT2D eigenvalue weighted by Gasteiger charge is -1.98. The van der Waals surface area contributed by atoms with Crippen LogP contribution < -0.4 is 4.74 Å². The molecule has 0 saturated heterocycles. The largest absolute Gasteiger partial charge is 0.497 e. The van der Waals surface area contributed by atoms with Crippen LogP contribution in [0.1, 0.15) is 16.2 Å². The van der Waals surface area contributed by atoms with Gasteiger partial charge in [-0.15, -0.1) is 0 Å². The fourth-order valence-electron chi connectivity index (χ4n) is 1.93. The van der Waals surface area contributed by atoms with Crippen molar-refractivity contribution in [3.8, 4) is 5.75 Å². The van der Waals surface area contributed by atoms with E-state index in [9.17, 15) is 4.79 Å². The van der Waals surface area contributed by atoms with E-state index in [1.807, 2.05) is 30.3 Å². The van der Waals surface area contributed by atoms with E-state index in [4.69, 9.17) is 4.74 Å². The standard InChI is InChI=1S/C16H13N3O2/c1-21-12-7-4-11(5-8-12)6-9-14(20)16-18-13-3-2-10-17-15(13)19-16/h2-10H,1H3,(H,17,18,19)/b9-6+. The number of ketones is 1. The summed E-state index contributed by atoms with van der Waals surface area (Å²) in [4.78, 5) is 23.3. The number of H-pyrrole nitrogens is 1. The number of carbonyl (C=O) groups excluding carboxylic acids is 1. The number of imidazole rings is 1. The minimum Gasteiger partial charge on any atom is -0.497 e. The molecule has 0 atom stereocenters. The molecule has 0 amide bonds. The molecule has 1 N–H and O–H groups in total. The number of hydrogen-bond acceptors (Lipinski definition) is 4. The van der Waals surface area contributed by atoms with Gasteiger partial charge in [-0.05, 0) is 35.9 Å². The number of allylic oxidation sites excluding steroid dienone is 1. The molecule has 1 aromatic carbocycles. The van der Waals surface area contributed by atoms with E-state index >= 15 is 0 Å². The number of benzene rings is 1. The molecule has 21 heavy (non-hydrogen) atoms. The number of aromatic nitrogens is 3. The van der Waals surface area contributed by atoms with E-state index in [2.05, 4.69) is 15.0 Å². The summed E-state index contributed by atoms with van der Waals surface area (Å²) in [7, 11) is 1.62. The Kier molecular flexibility index (Phi) is 3.47. The van der Waals surface area contributed by atoms with Crippen LogP contribution >= 0.6 is 0 Å². The SMILES string of the molecule is COc1ccc(/C=C/C(=O)c2nc3ncccc3[nH]2)cc1. The third kappa shape index (κ3) is 2.81. The van der Waals surface area contributed by atoms with Crippen LogP contribution in [-0.4, -0.2) is 27.8 Å². The van der Waals surface area contributed by atoms with Gasteiger partial charge >= 0.3 is 0 Å². The number of hydrogen-bond donors (Lipinski definition) is 1. The number of methoxy groups -OCH3 is 1. The summed E-state index contributed by atoms with van der Waals surface area (Å²) in [6, 6.07) is 11.1.